The van der Waals surface area contributed by atoms with Crippen molar-refractivity contribution >= 4 is 28.7 Å². The van der Waals surface area contributed by atoms with Gasteiger partial charge in [0.1, 0.15) is 18.2 Å². The van der Waals surface area contributed by atoms with Gasteiger partial charge in [0.2, 0.25) is 0 Å². The number of rotatable bonds is 8. The molecule has 164 valence electrons. The van der Waals surface area contributed by atoms with Crippen LogP contribution in [0.2, 0.25) is 0 Å². The number of ether oxygens (including phenoxy) is 1. The standard InChI is InChI=1S/C21H25N5O4S/c1-4-5-9-26-18(22)17(19(27)24-21(26)29)25(3)20(28)14-7-6-8-16(10-14)30-11-15-12-31-13(2)23-15/h6-8,10,12H,4-5,9,11,22H2,1-3H3,(H,24,27,29). The first-order valence-electron chi connectivity index (χ1n) is 9.86. The average molecular weight is 444 g/mol. The van der Waals surface area contributed by atoms with E-state index in [4.69, 9.17) is 10.5 Å². The molecule has 0 spiro atoms. The molecule has 0 saturated heterocycles. The van der Waals surface area contributed by atoms with Crippen LogP contribution in [0.4, 0.5) is 11.5 Å². The Kier molecular flexibility index (Phi) is 6.91. The number of H-pyrrole nitrogens is 1. The fraction of sp³-hybridized carbons (Fsp3) is 0.333. The van der Waals surface area contributed by atoms with Crippen molar-refractivity contribution in [2.45, 2.75) is 39.8 Å². The van der Waals surface area contributed by atoms with Gasteiger partial charge in [0.05, 0.1) is 10.7 Å². The van der Waals surface area contributed by atoms with Gasteiger partial charge < -0.3 is 15.4 Å². The molecule has 2 heterocycles. The summed E-state index contributed by atoms with van der Waals surface area (Å²) in [7, 11) is 1.45. The van der Waals surface area contributed by atoms with E-state index in [1.54, 1.807) is 24.3 Å². The van der Waals surface area contributed by atoms with Crippen LogP contribution in [0, 0.1) is 6.92 Å². The second-order valence-corrected chi connectivity index (χ2v) is 8.10. The largest absolute Gasteiger partial charge is 0.487 e. The van der Waals surface area contributed by atoms with Gasteiger partial charge in [-0.25, -0.2) is 9.78 Å². The van der Waals surface area contributed by atoms with Gasteiger partial charge in [0.15, 0.2) is 5.69 Å². The number of nitrogen functional groups attached to an aromatic ring is 1. The summed E-state index contributed by atoms with van der Waals surface area (Å²) >= 11 is 1.54. The van der Waals surface area contributed by atoms with Crippen molar-refractivity contribution in [1.29, 1.82) is 0 Å². The van der Waals surface area contributed by atoms with Gasteiger partial charge in [-0.2, -0.15) is 0 Å². The summed E-state index contributed by atoms with van der Waals surface area (Å²) in [6.45, 7) is 4.54. The molecule has 0 bridgehead atoms. The maximum atomic E-state index is 13.1. The lowest BCUT2D eigenvalue weighted by molar-refractivity contribution is 0.0992. The maximum Gasteiger partial charge on any atom is 0.330 e. The van der Waals surface area contributed by atoms with Crippen molar-refractivity contribution in [3.8, 4) is 5.75 Å². The Morgan fingerprint density at radius 2 is 2.13 bits per heavy atom. The minimum atomic E-state index is -0.711. The molecular formula is C21H25N5O4S. The van der Waals surface area contributed by atoms with E-state index in [1.165, 1.54) is 23.0 Å². The molecule has 2 aromatic heterocycles. The molecule has 3 aromatic rings. The molecule has 3 rings (SSSR count). The number of hydrogen-bond acceptors (Lipinski definition) is 7. The number of nitrogens with zero attached hydrogens (tertiary/aromatic N) is 3. The van der Waals surface area contributed by atoms with Crippen LogP contribution >= 0.6 is 11.3 Å². The minimum Gasteiger partial charge on any atom is -0.487 e. The Morgan fingerprint density at radius 1 is 1.35 bits per heavy atom. The normalized spacial score (nSPS) is 10.8. The minimum absolute atomic E-state index is 0.0376. The van der Waals surface area contributed by atoms with E-state index in [2.05, 4.69) is 9.97 Å². The molecule has 0 aliphatic carbocycles. The van der Waals surface area contributed by atoms with Crippen LogP contribution in [0.5, 0.6) is 5.75 Å². The number of aromatic amines is 1. The molecule has 1 amide bonds. The molecule has 0 aliphatic heterocycles. The summed E-state index contributed by atoms with van der Waals surface area (Å²) in [5.41, 5.74) is 5.87. The lowest BCUT2D eigenvalue weighted by Crippen LogP contribution is -2.39. The summed E-state index contributed by atoms with van der Waals surface area (Å²) in [5.74, 6) is 0.0110. The van der Waals surface area contributed by atoms with Crippen molar-refractivity contribution in [2.75, 3.05) is 17.7 Å². The summed E-state index contributed by atoms with van der Waals surface area (Å²) < 4.78 is 7.02. The highest BCUT2D eigenvalue weighted by Crippen LogP contribution is 2.21. The third-order valence-electron chi connectivity index (χ3n) is 4.72. The molecule has 31 heavy (non-hydrogen) atoms. The fourth-order valence-electron chi connectivity index (χ4n) is 3.09. The van der Waals surface area contributed by atoms with Crippen LogP contribution in [0.1, 0.15) is 40.8 Å². The van der Waals surface area contributed by atoms with Crippen LogP contribution in [-0.2, 0) is 13.2 Å². The number of thiazole rings is 1. The number of carbonyl (C=O) groups is 1. The quantitative estimate of drug-likeness (QED) is 0.551. The maximum absolute atomic E-state index is 13.1. The Balaban J connectivity index is 1.84. The molecule has 0 fully saturated rings. The summed E-state index contributed by atoms with van der Waals surface area (Å²) in [4.78, 5) is 45.3. The molecule has 10 heteroatoms. The fourth-order valence-corrected chi connectivity index (χ4v) is 3.68. The number of nitrogens with one attached hydrogen (secondary N) is 1. The van der Waals surface area contributed by atoms with Crippen molar-refractivity contribution in [3.63, 3.8) is 0 Å². The van der Waals surface area contributed by atoms with E-state index in [0.717, 1.165) is 22.0 Å². The molecule has 9 nitrogen and oxygen atoms in total. The van der Waals surface area contributed by atoms with Gasteiger partial charge in [-0.3, -0.25) is 19.1 Å². The van der Waals surface area contributed by atoms with Gasteiger partial charge >= 0.3 is 5.69 Å². The van der Waals surface area contributed by atoms with Crippen molar-refractivity contribution in [2.24, 2.45) is 0 Å². The van der Waals surface area contributed by atoms with Gasteiger partial charge in [0, 0.05) is 24.5 Å². The van der Waals surface area contributed by atoms with E-state index < -0.39 is 17.2 Å². The van der Waals surface area contributed by atoms with Gasteiger partial charge in [-0.05, 0) is 31.5 Å². The number of amides is 1. The predicted molar refractivity (Wildman–Crippen MR) is 121 cm³/mol. The van der Waals surface area contributed by atoms with Crippen LogP contribution in [0.25, 0.3) is 0 Å². The second-order valence-electron chi connectivity index (χ2n) is 7.04. The molecular weight excluding hydrogens is 418 g/mol. The molecule has 3 N–H and O–H groups in total. The highest BCUT2D eigenvalue weighted by atomic mass is 32.1. The average Bonchev–Trinajstić information content (AvgIpc) is 3.16. The Bertz CT molecular complexity index is 1200. The number of nitrogens with two attached hydrogens (primary N) is 1. The predicted octanol–water partition coefficient (Wildman–Crippen LogP) is 2.54. The van der Waals surface area contributed by atoms with Gasteiger partial charge in [0.25, 0.3) is 11.5 Å². The van der Waals surface area contributed by atoms with E-state index in [9.17, 15) is 14.4 Å². The first-order chi connectivity index (χ1) is 14.8. The second kappa shape index (κ2) is 9.61. The Morgan fingerprint density at radius 3 is 2.81 bits per heavy atom. The van der Waals surface area contributed by atoms with Crippen molar-refractivity contribution in [3.05, 3.63) is 66.7 Å². The van der Waals surface area contributed by atoms with E-state index >= 15 is 0 Å². The zero-order valence-corrected chi connectivity index (χ0v) is 18.5. The summed E-state index contributed by atoms with van der Waals surface area (Å²) in [6.07, 6.45) is 1.56. The number of aromatic nitrogens is 3. The molecule has 0 atom stereocenters. The van der Waals surface area contributed by atoms with Crippen LogP contribution in [0.3, 0.4) is 0 Å². The Labute approximate surface area is 183 Å². The van der Waals surface area contributed by atoms with E-state index in [-0.39, 0.29) is 18.1 Å². The molecule has 0 aliphatic rings. The van der Waals surface area contributed by atoms with Crippen molar-refractivity contribution < 1.29 is 9.53 Å². The van der Waals surface area contributed by atoms with Gasteiger partial charge in [-0.15, -0.1) is 11.3 Å². The third-order valence-corrected chi connectivity index (χ3v) is 5.55. The smallest absolute Gasteiger partial charge is 0.330 e. The highest BCUT2D eigenvalue weighted by Gasteiger charge is 2.22. The van der Waals surface area contributed by atoms with Crippen LogP contribution in [0.15, 0.2) is 39.2 Å². The zero-order chi connectivity index (χ0) is 22.5. The Hall–Kier alpha value is -3.40. The van der Waals surface area contributed by atoms with Gasteiger partial charge in [-0.1, -0.05) is 19.4 Å². The number of aryl methyl sites for hydroxylation is 1. The van der Waals surface area contributed by atoms with Crippen LogP contribution < -0.4 is 26.6 Å². The molecule has 0 unspecified atom stereocenters. The number of carbonyl (C=O) groups excluding carboxylic acids is 1. The number of hydrogen-bond donors (Lipinski definition) is 2. The molecule has 0 saturated carbocycles. The highest BCUT2D eigenvalue weighted by molar-refractivity contribution is 7.09. The molecule has 0 radical (unpaired) electrons. The first-order valence-corrected chi connectivity index (χ1v) is 10.7. The first kappa shape index (κ1) is 22.3. The topological polar surface area (TPSA) is 123 Å². The van der Waals surface area contributed by atoms with E-state index in [1.807, 2.05) is 19.2 Å². The monoisotopic (exact) mass is 443 g/mol. The summed E-state index contributed by atoms with van der Waals surface area (Å²) in [6, 6.07) is 6.65. The lowest BCUT2D eigenvalue weighted by Gasteiger charge is -2.20. The third kappa shape index (κ3) is 5.02. The zero-order valence-electron chi connectivity index (χ0n) is 17.7. The number of benzene rings is 1. The molecule has 1 aromatic carbocycles. The number of unbranched alkanes of at least 4 members (excludes halogenated alkanes) is 1. The lowest BCUT2D eigenvalue weighted by atomic mass is 10.2. The summed E-state index contributed by atoms with van der Waals surface area (Å²) in [5, 5.41) is 2.87. The van der Waals surface area contributed by atoms with E-state index in [0.29, 0.717) is 24.3 Å². The van der Waals surface area contributed by atoms with Crippen molar-refractivity contribution in [1.82, 2.24) is 14.5 Å². The SMILES string of the molecule is CCCCn1c(N)c(N(C)C(=O)c2cccc(OCc3csc(C)n3)c2)c(=O)[nH]c1=O. The van der Waals surface area contributed by atoms with Crippen LogP contribution in [-0.4, -0.2) is 27.5 Å². The number of anilines is 2.